The second-order valence-corrected chi connectivity index (χ2v) is 8.91. The molecule has 0 N–H and O–H groups in total. The van der Waals surface area contributed by atoms with Crippen LogP contribution in [0.15, 0.2) is 12.3 Å². The number of hydrogen-bond acceptors (Lipinski definition) is 4. The standard InChI is InChI=1S/C28H56O4/c1-4-7-18-23-29-27-30-24-21-16-14-12-10-11-13-15-17-22-28(31-25-19-8-5-2)32-26-20-9-6-3/h21,24,28H,4-20,22-23,25-27H2,1-3H3. The van der Waals surface area contributed by atoms with Gasteiger partial charge in [-0.25, -0.2) is 0 Å². The second-order valence-electron chi connectivity index (χ2n) is 8.91. The molecule has 0 aliphatic carbocycles. The Morgan fingerprint density at radius 3 is 1.69 bits per heavy atom. The summed E-state index contributed by atoms with van der Waals surface area (Å²) in [5.74, 6) is 0. The molecule has 0 rings (SSSR count). The minimum absolute atomic E-state index is 0.0134. The number of hydrogen-bond donors (Lipinski definition) is 0. The maximum Gasteiger partial charge on any atom is 0.188 e. The molecule has 0 aromatic rings. The van der Waals surface area contributed by atoms with Crippen molar-refractivity contribution in [1.82, 2.24) is 0 Å². The SMILES string of the molecule is CCCCCOCOC=CCCCCCCCCCC(OCCCCC)OCCCCC. The highest BCUT2D eigenvalue weighted by molar-refractivity contribution is 4.72. The first-order valence-corrected chi connectivity index (χ1v) is 13.9. The van der Waals surface area contributed by atoms with Gasteiger partial charge in [-0.05, 0) is 51.0 Å². The van der Waals surface area contributed by atoms with Crippen molar-refractivity contribution in [3.05, 3.63) is 12.3 Å². The van der Waals surface area contributed by atoms with E-state index in [1.165, 1.54) is 83.5 Å². The first kappa shape index (κ1) is 31.4. The van der Waals surface area contributed by atoms with Gasteiger partial charge in [0.15, 0.2) is 13.1 Å². The van der Waals surface area contributed by atoms with Crippen molar-refractivity contribution in [1.29, 1.82) is 0 Å². The fourth-order valence-electron chi connectivity index (χ4n) is 3.54. The van der Waals surface area contributed by atoms with E-state index in [9.17, 15) is 0 Å². The molecule has 0 atom stereocenters. The number of rotatable bonds is 27. The van der Waals surface area contributed by atoms with Gasteiger partial charge >= 0.3 is 0 Å². The van der Waals surface area contributed by atoms with Gasteiger partial charge in [0.1, 0.15) is 0 Å². The van der Waals surface area contributed by atoms with Gasteiger partial charge in [-0.3, -0.25) is 0 Å². The molecule has 0 fully saturated rings. The van der Waals surface area contributed by atoms with Crippen molar-refractivity contribution in [2.45, 2.75) is 143 Å². The Labute approximate surface area is 200 Å². The zero-order valence-electron chi connectivity index (χ0n) is 21.9. The van der Waals surface area contributed by atoms with E-state index in [4.69, 9.17) is 18.9 Å². The van der Waals surface area contributed by atoms with E-state index in [2.05, 4.69) is 26.8 Å². The molecule has 0 saturated carbocycles. The molecule has 0 spiro atoms. The third-order valence-corrected chi connectivity index (χ3v) is 5.65. The van der Waals surface area contributed by atoms with Gasteiger partial charge < -0.3 is 18.9 Å². The van der Waals surface area contributed by atoms with Crippen LogP contribution in [0.2, 0.25) is 0 Å². The van der Waals surface area contributed by atoms with Crippen LogP contribution < -0.4 is 0 Å². The van der Waals surface area contributed by atoms with Crippen molar-refractivity contribution in [2.75, 3.05) is 26.6 Å². The molecule has 0 aromatic heterocycles. The maximum absolute atomic E-state index is 6.01. The minimum Gasteiger partial charge on any atom is -0.475 e. The van der Waals surface area contributed by atoms with Crippen LogP contribution in [0.4, 0.5) is 0 Å². The topological polar surface area (TPSA) is 36.9 Å². The molecular formula is C28H56O4. The smallest absolute Gasteiger partial charge is 0.188 e. The van der Waals surface area contributed by atoms with Crippen LogP contribution in [0.25, 0.3) is 0 Å². The van der Waals surface area contributed by atoms with Gasteiger partial charge in [-0.1, -0.05) is 91.4 Å². The van der Waals surface area contributed by atoms with E-state index in [1.807, 2.05) is 0 Å². The van der Waals surface area contributed by atoms with Gasteiger partial charge in [-0.2, -0.15) is 0 Å². The summed E-state index contributed by atoms with van der Waals surface area (Å²) in [6.45, 7) is 9.55. The highest BCUT2D eigenvalue weighted by atomic mass is 16.7. The molecule has 0 radical (unpaired) electrons. The van der Waals surface area contributed by atoms with Crippen LogP contribution in [0, 0.1) is 0 Å². The summed E-state index contributed by atoms with van der Waals surface area (Å²) < 4.78 is 22.8. The Morgan fingerprint density at radius 1 is 0.562 bits per heavy atom. The first-order valence-electron chi connectivity index (χ1n) is 13.9. The lowest BCUT2D eigenvalue weighted by atomic mass is 10.1. The fraction of sp³-hybridized carbons (Fsp3) is 0.929. The quantitative estimate of drug-likeness (QED) is 0.0702. The predicted octanol–water partition coefficient (Wildman–Crippen LogP) is 8.93. The van der Waals surface area contributed by atoms with Gasteiger partial charge in [0.2, 0.25) is 0 Å². The number of allylic oxidation sites excluding steroid dienone is 1. The van der Waals surface area contributed by atoms with Gasteiger partial charge in [0.25, 0.3) is 0 Å². The molecule has 0 aromatic carbocycles. The number of unbranched alkanes of at least 4 members (excludes halogenated alkanes) is 13. The average Bonchev–Trinajstić information content (AvgIpc) is 2.81. The Kier molecular flexibility index (Phi) is 27.9. The Morgan fingerprint density at radius 2 is 1.09 bits per heavy atom. The van der Waals surface area contributed by atoms with Gasteiger partial charge in [-0.15, -0.1) is 0 Å². The van der Waals surface area contributed by atoms with E-state index in [0.717, 1.165) is 51.9 Å². The van der Waals surface area contributed by atoms with Crippen LogP contribution in [0.3, 0.4) is 0 Å². The second kappa shape index (κ2) is 28.5. The lowest BCUT2D eigenvalue weighted by molar-refractivity contribution is -0.148. The van der Waals surface area contributed by atoms with Gasteiger partial charge in [0, 0.05) is 13.2 Å². The fourth-order valence-corrected chi connectivity index (χ4v) is 3.54. The van der Waals surface area contributed by atoms with E-state index in [-0.39, 0.29) is 6.29 Å². The highest BCUT2D eigenvalue weighted by Gasteiger charge is 2.09. The molecule has 32 heavy (non-hydrogen) atoms. The third kappa shape index (κ3) is 25.7. The van der Waals surface area contributed by atoms with E-state index >= 15 is 0 Å². The molecule has 0 aliphatic rings. The minimum atomic E-state index is 0.0134. The van der Waals surface area contributed by atoms with Crippen LogP contribution in [0.5, 0.6) is 0 Å². The van der Waals surface area contributed by atoms with Crippen molar-refractivity contribution >= 4 is 0 Å². The molecule has 0 unspecified atom stereocenters. The zero-order valence-corrected chi connectivity index (χ0v) is 21.9. The summed E-state index contributed by atoms with van der Waals surface area (Å²) in [5.41, 5.74) is 0. The summed E-state index contributed by atoms with van der Waals surface area (Å²) in [6.07, 6.45) is 26.0. The normalized spacial score (nSPS) is 11.8. The monoisotopic (exact) mass is 456 g/mol. The highest BCUT2D eigenvalue weighted by Crippen LogP contribution is 2.14. The summed E-state index contributed by atoms with van der Waals surface area (Å²) in [7, 11) is 0. The lowest BCUT2D eigenvalue weighted by Crippen LogP contribution is -2.19. The molecule has 0 heterocycles. The average molecular weight is 457 g/mol. The Bertz CT molecular complexity index is 347. The van der Waals surface area contributed by atoms with Crippen molar-refractivity contribution in [3.63, 3.8) is 0 Å². The predicted molar refractivity (Wildman–Crippen MR) is 137 cm³/mol. The number of ether oxygens (including phenoxy) is 4. The van der Waals surface area contributed by atoms with Crippen LogP contribution in [-0.4, -0.2) is 32.9 Å². The molecule has 0 amide bonds. The van der Waals surface area contributed by atoms with Crippen molar-refractivity contribution in [2.24, 2.45) is 0 Å². The molecule has 192 valence electrons. The lowest BCUT2D eigenvalue weighted by Gasteiger charge is -2.18. The summed E-state index contributed by atoms with van der Waals surface area (Å²) >= 11 is 0. The molecule has 4 nitrogen and oxygen atoms in total. The summed E-state index contributed by atoms with van der Waals surface area (Å²) in [4.78, 5) is 0. The van der Waals surface area contributed by atoms with Crippen LogP contribution in [0.1, 0.15) is 136 Å². The van der Waals surface area contributed by atoms with E-state index in [0.29, 0.717) is 6.79 Å². The third-order valence-electron chi connectivity index (χ3n) is 5.65. The molecule has 0 saturated heterocycles. The molecule has 0 aliphatic heterocycles. The maximum atomic E-state index is 6.01. The summed E-state index contributed by atoms with van der Waals surface area (Å²) in [5, 5.41) is 0. The van der Waals surface area contributed by atoms with Crippen LogP contribution in [-0.2, 0) is 18.9 Å². The Balaban J connectivity index is 3.51. The van der Waals surface area contributed by atoms with E-state index in [1.54, 1.807) is 6.26 Å². The largest absolute Gasteiger partial charge is 0.475 e. The van der Waals surface area contributed by atoms with Crippen LogP contribution >= 0.6 is 0 Å². The van der Waals surface area contributed by atoms with E-state index < -0.39 is 0 Å². The Hall–Kier alpha value is -0.580. The molecule has 0 bridgehead atoms. The molecule has 4 heteroatoms. The van der Waals surface area contributed by atoms with Gasteiger partial charge in [0.05, 0.1) is 12.9 Å². The molecular weight excluding hydrogens is 400 g/mol. The van der Waals surface area contributed by atoms with Crippen molar-refractivity contribution in [3.8, 4) is 0 Å². The van der Waals surface area contributed by atoms with Crippen molar-refractivity contribution < 1.29 is 18.9 Å². The summed E-state index contributed by atoms with van der Waals surface area (Å²) in [6, 6.07) is 0. The zero-order chi connectivity index (χ0) is 23.4. The first-order chi connectivity index (χ1) is 15.8.